The van der Waals surface area contributed by atoms with Crippen LogP contribution in [0.2, 0.25) is 0 Å². The molecule has 0 aromatic rings. The van der Waals surface area contributed by atoms with Gasteiger partial charge in [0.1, 0.15) is 5.67 Å². The van der Waals surface area contributed by atoms with Crippen molar-refractivity contribution in [2.24, 2.45) is 17.8 Å². The molecule has 0 saturated heterocycles. The number of hydrogen-bond acceptors (Lipinski definition) is 0. The molecule has 4 aliphatic carbocycles. The third-order valence-electron chi connectivity index (χ3n) is 4.08. The second-order valence-electron chi connectivity index (χ2n) is 5.07. The summed E-state index contributed by atoms with van der Waals surface area (Å²) in [6.45, 7) is 0. The van der Waals surface area contributed by atoms with Crippen LogP contribution in [0.3, 0.4) is 0 Å². The Balaban J connectivity index is 1.95. The first-order valence-corrected chi connectivity index (χ1v) is 5.43. The molecular formula is C10H14ClF. The van der Waals surface area contributed by atoms with Crippen LogP contribution in [-0.2, 0) is 0 Å². The molecule has 0 N–H and O–H groups in total. The molecule has 0 aromatic carbocycles. The summed E-state index contributed by atoms with van der Waals surface area (Å²) in [7, 11) is 0. The van der Waals surface area contributed by atoms with E-state index in [-0.39, 0.29) is 0 Å². The van der Waals surface area contributed by atoms with E-state index in [4.69, 9.17) is 11.6 Å². The third-order valence-corrected chi connectivity index (χ3v) is 4.80. The van der Waals surface area contributed by atoms with E-state index in [0.29, 0.717) is 23.1 Å². The lowest BCUT2D eigenvalue weighted by Crippen LogP contribution is -2.53. The first-order valence-electron chi connectivity index (χ1n) is 4.99. The fourth-order valence-electron chi connectivity index (χ4n) is 3.86. The Morgan fingerprint density at radius 1 is 1.08 bits per heavy atom. The summed E-state index contributed by atoms with van der Waals surface area (Å²) in [5.74, 6) is 1.67. The minimum absolute atomic E-state index is 0.297. The summed E-state index contributed by atoms with van der Waals surface area (Å²) in [5, 5.41) is 0.297. The van der Waals surface area contributed by atoms with Crippen LogP contribution in [0.15, 0.2) is 0 Å². The quantitative estimate of drug-likeness (QED) is 0.513. The van der Waals surface area contributed by atoms with Crippen LogP contribution < -0.4 is 0 Å². The third kappa shape index (κ3) is 0.891. The Kier molecular flexibility index (Phi) is 1.38. The summed E-state index contributed by atoms with van der Waals surface area (Å²) < 4.78 is 14.0. The van der Waals surface area contributed by atoms with Crippen molar-refractivity contribution in [1.29, 1.82) is 0 Å². The molecule has 4 fully saturated rings. The summed E-state index contributed by atoms with van der Waals surface area (Å²) in [4.78, 5) is 0. The molecule has 68 valence electrons. The van der Waals surface area contributed by atoms with Gasteiger partial charge in [-0.15, -0.1) is 11.6 Å². The fourth-order valence-corrected chi connectivity index (χ4v) is 4.25. The number of halogens is 2. The zero-order valence-corrected chi connectivity index (χ0v) is 7.86. The zero-order valence-electron chi connectivity index (χ0n) is 7.10. The molecule has 5 atom stereocenters. The van der Waals surface area contributed by atoms with Crippen LogP contribution in [0.5, 0.6) is 0 Å². The minimum atomic E-state index is -0.804. The largest absolute Gasteiger partial charge is 0.244 e. The molecule has 4 aliphatic rings. The van der Waals surface area contributed by atoms with Crippen molar-refractivity contribution in [3.63, 3.8) is 0 Å². The number of hydrogen-bond donors (Lipinski definition) is 0. The van der Waals surface area contributed by atoms with Gasteiger partial charge in [0.25, 0.3) is 0 Å². The molecule has 0 nitrogen and oxygen atoms in total. The van der Waals surface area contributed by atoms with Crippen molar-refractivity contribution in [3.8, 4) is 0 Å². The topological polar surface area (TPSA) is 0 Å². The Morgan fingerprint density at radius 2 is 1.67 bits per heavy atom. The Morgan fingerprint density at radius 3 is 2.17 bits per heavy atom. The molecule has 0 aromatic heterocycles. The predicted molar refractivity (Wildman–Crippen MR) is 47.0 cm³/mol. The van der Waals surface area contributed by atoms with Crippen molar-refractivity contribution in [2.45, 2.75) is 43.1 Å². The monoisotopic (exact) mass is 188 g/mol. The summed E-state index contributed by atoms with van der Waals surface area (Å²) in [6.07, 6.45) is 4.76. The molecular weight excluding hydrogens is 175 g/mol. The highest BCUT2D eigenvalue weighted by Crippen LogP contribution is 2.58. The van der Waals surface area contributed by atoms with Crippen molar-refractivity contribution in [2.75, 3.05) is 0 Å². The van der Waals surface area contributed by atoms with Gasteiger partial charge in [-0.25, -0.2) is 4.39 Å². The first kappa shape index (κ1) is 7.61. The molecule has 2 heteroatoms. The molecule has 0 radical (unpaired) electrons. The molecule has 0 heterocycles. The van der Waals surface area contributed by atoms with Gasteiger partial charge in [0.15, 0.2) is 0 Å². The first-order chi connectivity index (χ1) is 5.66. The zero-order chi connectivity index (χ0) is 8.34. The second kappa shape index (κ2) is 2.17. The molecule has 4 rings (SSSR count). The molecule has 12 heavy (non-hydrogen) atoms. The molecule has 4 bridgehead atoms. The van der Waals surface area contributed by atoms with E-state index in [2.05, 4.69) is 0 Å². The lowest BCUT2D eigenvalue weighted by Gasteiger charge is -2.55. The fraction of sp³-hybridized carbons (Fsp3) is 1.00. The van der Waals surface area contributed by atoms with Crippen molar-refractivity contribution in [1.82, 2.24) is 0 Å². The van der Waals surface area contributed by atoms with Gasteiger partial charge >= 0.3 is 0 Å². The molecule has 3 unspecified atom stereocenters. The van der Waals surface area contributed by atoms with Crippen LogP contribution in [0, 0.1) is 17.8 Å². The van der Waals surface area contributed by atoms with Gasteiger partial charge in [-0.05, 0) is 49.9 Å². The number of rotatable bonds is 0. The van der Waals surface area contributed by atoms with Gasteiger partial charge < -0.3 is 0 Å². The summed E-state index contributed by atoms with van der Waals surface area (Å²) in [6, 6.07) is 0. The van der Waals surface area contributed by atoms with Crippen LogP contribution >= 0.6 is 11.6 Å². The Labute approximate surface area is 77.5 Å². The van der Waals surface area contributed by atoms with Crippen LogP contribution in [0.1, 0.15) is 32.1 Å². The van der Waals surface area contributed by atoms with Crippen molar-refractivity contribution < 1.29 is 4.39 Å². The second-order valence-corrected chi connectivity index (χ2v) is 5.57. The van der Waals surface area contributed by atoms with Crippen molar-refractivity contribution >= 4 is 11.6 Å². The average molecular weight is 189 g/mol. The number of alkyl halides is 2. The molecule has 4 saturated carbocycles. The molecule has 0 aliphatic heterocycles. The van der Waals surface area contributed by atoms with E-state index in [1.165, 1.54) is 12.8 Å². The van der Waals surface area contributed by atoms with Gasteiger partial charge in [-0.2, -0.15) is 0 Å². The lowest BCUT2D eigenvalue weighted by atomic mass is 9.55. The maximum atomic E-state index is 14.0. The molecule has 0 spiro atoms. The van der Waals surface area contributed by atoms with Gasteiger partial charge in [0.2, 0.25) is 0 Å². The SMILES string of the molecule is FC12CC3C[C@H](C1)C(Cl)[C@@H](C3)C2. The van der Waals surface area contributed by atoms with Crippen LogP contribution in [0.4, 0.5) is 4.39 Å². The van der Waals surface area contributed by atoms with Crippen LogP contribution in [-0.4, -0.2) is 11.0 Å². The van der Waals surface area contributed by atoms with E-state index in [0.717, 1.165) is 19.3 Å². The summed E-state index contributed by atoms with van der Waals surface area (Å²) >= 11 is 6.27. The van der Waals surface area contributed by atoms with E-state index in [1.54, 1.807) is 0 Å². The average Bonchev–Trinajstić information content (AvgIpc) is 1.96. The van der Waals surface area contributed by atoms with E-state index in [1.807, 2.05) is 0 Å². The maximum Gasteiger partial charge on any atom is 0.112 e. The molecule has 0 amide bonds. The van der Waals surface area contributed by atoms with E-state index < -0.39 is 5.67 Å². The van der Waals surface area contributed by atoms with Gasteiger partial charge in [0, 0.05) is 5.38 Å². The van der Waals surface area contributed by atoms with Gasteiger partial charge in [-0.3, -0.25) is 0 Å². The van der Waals surface area contributed by atoms with E-state index >= 15 is 0 Å². The minimum Gasteiger partial charge on any atom is -0.244 e. The van der Waals surface area contributed by atoms with E-state index in [9.17, 15) is 4.39 Å². The smallest absolute Gasteiger partial charge is 0.112 e. The Bertz CT molecular complexity index is 200. The van der Waals surface area contributed by atoms with Gasteiger partial charge in [0.05, 0.1) is 0 Å². The lowest BCUT2D eigenvalue weighted by molar-refractivity contribution is -0.0696. The highest BCUT2D eigenvalue weighted by molar-refractivity contribution is 6.21. The van der Waals surface area contributed by atoms with Crippen molar-refractivity contribution in [3.05, 3.63) is 0 Å². The normalized spacial score (nSPS) is 62.5. The Hall–Kier alpha value is 0.220. The highest BCUT2D eigenvalue weighted by atomic mass is 35.5. The van der Waals surface area contributed by atoms with Crippen LogP contribution in [0.25, 0.3) is 0 Å². The standard InChI is InChI=1S/C10H14ClF/c11-9-7-1-6-2-8(9)5-10(12,3-6)4-7/h6-9H,1-5H2/t6?,7-,8+,9?,10?. The summed E-state index contributed by atoms with van der Waals surface area (Å²) in [5.41, 5.74) is -0.804. The van der Waals surface area contributed by atoms with Gasteiger partial charge in [-0.1, -0.05) is 0 Å². The maximum absolute atomic E-state index is 14.0. The highest BCUT2D eigenvalue weighted by Gasteiger charge is 2.55. The predicted octanol–water partition coefficient (Wildman–Crippen LogP) is 3.14.